The molecule has 0 amide bonds. The molecule has 0 N–H and O–H groups in total. The summed E-state index contributed by atoms with van der Waals surface area (Å²) in [7, 11) is 0. The molecule has 0 bridgehead atoms. The molecule has 1 atom stereocenters. The largest absolute Gasteiger partial charge is 0.463 e. The van der Waals surface area contributed by atoms with E-state index in [2.05, 4.69) is 0 Å². The molecule has 3 heteroatoms. The molecule has 0 saturated heterocycles. The first-order valence-corrected chi connectivity index (χ1v) is 4.87. The minimum absolute atomic E-state index is 0.0359. The molecular formula is C10H20O3. The lowest BCUT2D eigenvalue weighted by Gasteiger charge is -2.13. The lowest BCUT2D eigenvalue weighted by Crippen LogP contribution is -2.17. The maximum absolute atomic E-state index is 10.9. The number of carbonyl (C=O) groups is 1. The molecule has 0 spiro atoms. The van der Waals surface area contributed by atoms with Gasteiger partial charge in [0.1, 0.15) is 6.10 Å². The molecule has 0 aromatic rings. The van der Waals surface area contributed by atoms with E-state index in [4.69, 9.17) is 9.47 Å². The summed E-state index contributed by atoms with van der Waals surface area (Å²) in [5, 5.41) is 0. The third-order valence-electron chi connectivity index (χ3n) is 1.60. The van der Waals surface area contributed by atoms with Gasteiger partial charge in [-0.3, -0.25) is 4.79 Å². The second-order valence-electron chi connectivity index (χ2n) is 3.36. The van der Waals surface area contributed by atoms with Crippen molar-refractivity contribution in [3.05, 3.63) is 0 Å². The van der Waals surface area contributed by atoms with Crippen LogP contribution in [0.2, 0.25) is 0 Å². The molecule has 0 aromatic carbocycles. The van der Waals surface area contributed by atoms with Crippen molar-refractivity contribution in [3.63, 3.8) is 0 Å². The van der Waals surface area contributed by atoms with Crippen LogP contribution in [0.25, 0.3) is 0 Å². The highest BCUT2D eigenvalue weighted by Crippen LogP contribution is 2.01. The van der Waals surface area contributed by atoms with E-state index in [1.165, 1.54) is 0 Å². The van der Waals surface area contributed by atoms with Crippen LogP contribution in [0.5, 0.6) is 0 Å². The van der Waals surface area contributed by atoms with Crippen LogP contribution < -0.4 is 0 Å². The number of carbonyl (C=O) groups excluding carboxylic acids is 1. The molecular weight excluding hydrogens is 168 g/mol. The van der Waals surface area contributed by atoms with Gasteiger partial charge in [0.25, 0.3) is 0 Å². The van der Waals surface area contributed by atoms with Gasteiger partial charge >= 0.3 is 5.97 Å². The fourth-order valence-electron chi connectivity index (χ4n) is 0.836. The Labute approximate surface area is 80.4 Å². The molecule has 0 fully saturated rings. The van der Waals surface area contributed by atoms with Gasteiger partial charge in [0.15, 0.2) is 0 Å². The van der Waals surface area contributed by atoms with Crippen LogP contribution in [-0.4, -0.2) is 24.8 Å². The standard InChI is InChI=1S/C10H20O3/c1-5-10(11)13-9(4)6-7-12-8(2)3/h8-9H,5-7H2,1-4H3/t9-/m1/s1. The Morgan fingerprint density at radius 2 is 1.92 bits per heavy atom. The number of esters is 1. The van der Waals surface area contributed by atoms with E-state index in [1.54, 1.807) is 6.92 Å². The summed E-state index contributed by atoms with van der Waals surface area (Å²) in [5.74, 6) is -0.142. The molecule has 0 saturated carbocycles. The lowest BCUT2D eigenvalue weighted by molar-refractivity contribution is -0.148. The molecule has 0 radical (unpaired) electrons. The average Bonchev–Trinajstić information content (AvgIpc) is 2.03. The van der Waals surface area contributed by atoms with Crippen LogP contribution in [0, 0.1) is 0 Å². The van der Waals surface area contributed by atoms with Gasteiger partial charge in [0, 0.05) is 12.8 Å². The zero-order valence-electron chi connectivity index (χ0n) is 9.00. The van der Waals surface area contributed by atoms with E-state index in [0.717, 1.165) is 6.42 Å². The van der Waals surface area contributed by atoms with Gasteiger partial charge in [-0.1, -0.05) is 6.92 Å². The van der Waals surface area contributed by atoms with E-state index in [1.807, 2.05) is 20.8 Å². The smallest absolute Gasteiger partial charge is 0.305 e. The molecule has 78 valence electrons. The number of ether oxygens (including phenoxy) is 2. The Kier molecular flexibility index (Phi) is 6.59. The lowest BCUT2D eigenvalue weighted by atomic mass is 10.3. The van der Waals surface area contributed by atoms with E-state index < -0.39 is 0 Å². The van der Waals surface area contributed by atoms with E-state index in [9.17, 15) is 4.79 Å². The average molecular weight is 188 g/mol. The van der Waals surface area contributed by atoms with E-state index in [0.29, 0.717) is 13.0 Å². The Morgan fingerprint density at radius 3 is 2.38 bits per heavy atom. The van der Waals surface area contributed by atoms with Crippen molar-refractivity contribution < 1.29 is 14.3 Å². The first-order chi connectivity index (χ1) is 6.06. The third-order valence-corrected chi connectivity index (χ3v) is 1.60. The normalized spacial score (nSPS) is 13.0. The summed E-state index contributed by atoms with van der Waals surface area (Å²) in [6.07, 6.45) is 1.42. The Balaban J connectivity index is 3.40. The molecule has 3 nitrogen and oxygen atoms in total. The highest BCUT2D eigenvalue weighted by atomic mass is 16.5. The molecule has 0 rings (SSSR count). The molecule has 0 aromatic heterocycles. The van der Waals surface area contributed by atoms with E-state index in [-0.39, 0.29) is 18.2 Å². The highest BCUT2D eigenvalue weighted by Gasteiger charge is 2.07. The van der Waals surface area contributed by atoms with Crippen molar-refractivity contribution in [1.29, 1.82) is 0 Å². The van der Waals surface area contributed by atoms with Gasteiger partial charge in [-0.15, -0.1) is 0 Å². The predicted octanol–water partition coefficient (Wildman–Crippen LogP) is 2.14. The van der Waals surface area contributed by atoms with Crippen molar-refractivity contribution in [2.75, 3.05) is 6.61 Å². The number of hydrogen-bond donors (Lipinski definition) is 0. The Bertz CT molecular complexity index is 143. The van der Waals surface area contributed by atoms with Crippen molar-refractivity contribution in [2.45, 2.75) is 52.7 Å². The summed E-state index contributed by atoms with van der Waals surface area (Å²) in [5.41, 5.74) is 0. The van der Waals surface area contributed by atoms with Gasteiger partial charge in [-0.25, -0.2) is 0 Å². The fraction of sp³-hybridized carbons (Fsp3) is 0.900. The first kappa shape index (κ1) is 12.4. The second-order valence-corrected chi connectivity index (χ2v) is 3.36. The molecule has 0 heterocycles. The van der Waals surface area contributed by atoms with Crippen LogP contribution in [0.15, 0.2) is 0 Å². The summed E-state index contributed by atoms with van der Waals surface area (Å²) >= 11 is 0. The summed E-state index contributed by atoms with van der Waals surface area (Å²) in [6.45, 7) is 8.30. The Hall–Kier alpha value is -0.570. The van der Waals surface area contributed by atoms with Gasteiger partial charge in [-0.05, 0) is 20.8 Å². The van der Waals surface area contributed by atoms with Crippen molar-refractivity contribution in [2.24, 2.45) is 0 Å². The van der Waals surface area contributed by atoms with Gasteiger partial charge in [0.05, 0.1) is 12.7 Å². The highest BCUT2D eigenvalue weighted by molar-refractivity contribution is 5.69. The van der Waals surface area contributed by atoms with Crippen molar-refractivity contribution in [1.82, 2.24) is 0 Å². The second kappa shape index (κ2) is 6.89. The van der Waals surface area contributed by atoms with Crippen LogP contribution in [0.4, 0.5) is 0 Å². The van der Waals surface area contributed by atoms with Gasteiger partial charge < -0.3 is 9.47 Å². The molecule has 0 unspecified atom stereocenters. The third kappa shape index (κ3) is 7.78. The number of rotatable bonds is 6. The zero-order chi connectivity index (χ0) is 10.3. The monoisotopic (exact) mass is 188 g/mol. The van der Waals surface area contributed by atoms with Gasteiger partial charge in [0.2, 0.25) is 0 Å². The number of hydrogen-bond acceptors (Lipinski definition) is 3. The minimum atomic E-state index is -0.142. The minimum Gasteiger partial charge on any atom is -0.463 e. The first-order valence-electron chi connectivity index (χ1n) is 4.87. The Morgan fingerprint density at radius 1 is 1.31 bits per heavy atom. The molecule has 0 aliphatic heterocycles. The maximum atomic E-state index is 10.9. The van der Waals surface area contributed by atoms with E-state index >= 15 is 0 Å². The van der Waals surface area contributed by atoms with Gasteiger partial charge in [-0.2, -0.15) is 0 Å². The van der Waals surface area contributed by atoms with Crippen LogP contribution in [0.3, 0.4) is 0 Å². The summed E-state index contributed by atoms with van der Waals surface area (Å²) < 4.78 is 10.4. The van der Waals surface area contributed by atoms with Crippen LogP contribution in [0.1, 0.15) is 40.5 Å². The topological polar surface area (TPSA) is 35.5 Å². The predicted molar refractivity (Wildman–Crippen MR) is 51.6 cm³/mol. The summed E-state index contributed by atoms with van der Waals surface area (Å²) in [6, 6.07) is 0. The molecule has 0 aliphatic rings. The van der Waals surface area contributed by atoms with Crippen LogP contribution in [-0.2, 0) is 14.3 Å². The fourth-order valence-corrected chi connectivity index (χ4v) is 0.836. The molecule has 13 heavy (non-hydrogen) atoms. The zero-order valence-corrected chi connectivity index (χ0v) is 9.00. The van der Waals surface area contributed by atoms with Crippen LogP contribution >= 0.6 is 0 Å². The molecule has 0 aliphatic carbocycles. The van der Waals surface area contributed by atoms with Crippen molar-refractivity contribution >= 4 is 5.97 Å². The maximum Gasteiger partial charge on any atom is 0.305 e. The SMILES string of the molecule is CCC(=O)O[C@H](C)CCOC(C)C. The quantitative estimate of drug-likeness (QED) is 0.599. The van der Waals surface area contributed by atoms with Crippen molar-refractivity contribution in [3.8, 4) is 0 Å². The summed E-state index contributed by atoms with van der Waals surface area (Å²) in [4.78, 5) is 10.9.